The molecule has 1 aliphatic heterocycles. The van der Waals surface area contributed by atoms with Gasteiger partial charge in [-0.25, -0.2) is 4.79 Å². The van der Waals surface area contributed by atoms with Crippen LogP contribution in [0.4, 0.5) is 5.69 Å². The molecule has 0 aliphatic carbocycles. The van der Waals surface area contributed by atoms with Gasteiger partial charge in [-0.05, 0) is 30.2 Å². The number of benzene rings is 2. The minimum Gasteiger partial charge on any atom is -0.507 e. The van der Waals surface area contributed by atoms with Crippen LogP contribution in [0.2, 0.25) is 10.0 Å². The van der Waals surface area contributed by atoms with Crippen LogP contribution in [-0.4, -0.2) is 29.8 Å². The summed E-state index contributed by atoms with van der Waals surface area (Å²) < 4.78 is 4.67. The highest BCUT2D eigenvalue weighted by Gasteiger charge is 2.25. The van der Waals surface area contributed by atoms with Crippen LogP contribution < -0.4 is 4.90 Å². The van der Waals surface area contributed by atoms with Gasteiger partial charge in [0.1, 0.15) is 17.1 Å². The minimum absolute atomic E-state index is 0.00933. The molecule has 5 nitrogen and oxygen atoms in total. The summed E-state index contributed by atoms with van der Waals surface area (Å²) in [5.74, 6) is -0.723. The van der Waals surface area contributed by atoms with Crippen molar-refractivity contribution in [2.24, 2.45) is 0 Å². The number of fused-ring (bicyclic) bond motifs is 1. The summed E-state index contributed by atoms with van der Waals surface area (Å²) in [5, 5.41) is 20.8. The summed E-state index contributed by atoms with van der Waals surface area (Å²) >= 11 is 12.0. The topological polar surface area (TPSA) is 70.0 Å². The van der Waals surface area contributed by atoms with E-state index in [0.717, 1.165) is 11.3 Å². The van der Waals surface area contributed by atoms with Gasteiger partial charge in [-0.1, -0.05) is 23.2 Å². The third-order valence-corrected chi connectivity index (χ3v) is 4.57. The van der Waals surface area contributed by atoms with Crippen molar-refractivity contribution in [3.05, 3.63) is 51.0 Å². The average molecular weight is 368 g/mol. The van der Waals surface area contributed by atoms with Crippen molar-refractivity contribution in [2.45, 2.75) is 13.0 Å². The van der Waals surface area contributed by atoms with Gasteiger partial charge in [0.15, 0.2) is 0 Å². The molecular weight excluding hydrogens is 353 g/mol. The van der Waals surface area contributed by atoms with Crippen LogP contribution in [0.15, 0.2) is 24.3 Å². The van der Waals surface area contributed by atoms with Crippen LogP contribution in [0.1, 0.15) is 21.5 Å². The molecule has 0 saturated carbocycles. The quantitative estimate of drug-likeness (QED) is 0.808. The van der Waals surface area contributed by atoms with Crippen molar-refractivity contribution in [1.82, 2.24) is 0 Å². The molecule has 126 valence electrons. The van der Waals surface area contributed by atoms with Crippen LogP contribution in [0.3, 0.4) is 0 Å². The SMILES string of the molecule is COC(=O)c1cc2c(cc1O)N(Cc1cc(Cl)cc(Cl)c1O)CC2. The lowest BCUT2D eigenvalue weighted by molar-refractivity contribution is 0.0597. The Labute approximate surface area is 149 Å². The monoisotopic (exact) mass is 367 g/mol. The van der Waals surface area contributed by atoms with E-state index in [-0.39, 0.29) is 22.1 Å². The molecule has 1 aliphatic rings. The highest BCUT2D eigenvalue weighted by Crippen LogP contribution is 2.38. The molecule has 1 heterocycles. The van der Waals surface area contributed by atoms with E-state index in [0.29, 0.717) is 30.1 Å². The van der Waals surface area contributed by atoms with E-state index in [4.69, 9.17) is 23.2 Å². The largest absolute Gasteiger partial charge is 0.507 e. The minimum atomic E-state index is -0.576. The molecule has 3 rings (SSSR count). The predicted octanol–water partition coefficient (Wildman–Crippen LogP) is 3.75. The maximum absolute atomic E-state index is 11.7. The van der Waals surface area contributed by atoms with Gasteiger partial charge in [0, 0.05) is 35.4 Å². The first-order valence-electron chi connectivity index (χ1n) is 7.26. The van der Waals surface area contributed by atoms with E-state index >= 15 is 0 Å². The molecule has 0 fully saturated rings. The zero-order chi connectivity index (χ0) is 17.4. The van der Waals surface area contributed by atoms with Crippen LogP contribution in [-0.2, 0) is 17.7 Å². The Bertz CT molecular complexity index is 823. The molecule has 7 heteroatoms. The molecule has 0 saturated heterocycles. The first-order chi connectivity index (χ1) is 11.4. The van der Waals surface area contributed by atoms with Crippen LogP contribution >= 0.6 is 23.2 Å². The molecule has 0 amide bonds. The number of rotatable bonds is 3. The second-order valence-electron chi connectivity index (χ2n) is 5.56. The van der Waals surface area contributed by atoms with Gasteiger partial charge >= 0.3 is 5.97 Å². The Kier molecular flexibility index (Phi) is 4.47. The van der Waals surface area contributed by atoms with Crippen molar-refractivity contribution >= 4 is 34.9 Å². The number of halogens is 2. The predicted molar refractivity (Wildman–Crippen MR) is 92.3 cm³/mol. The Morgan fingerprint density at radius 2 is 2.00 bits per heavy atom. The van der Waals surface area contributed by atoms with E-state index < -0.39 is 5.97 Å². The third-order valence-electron chi connectivity index (χ3n) is 4.06. The molecule has 2 aromatic rings. The Morgan fingerprint density at radius 1 is 1.25 bits per heavy atom. The number of nitrogens with zero attached hydrogens (tertiary/aromatic N) is 1. The number of esters is 1. The normalized spacial score (nSPS) is 13.0. The van der Waals surface area contributed by atoms with Crippen molar-refractivity contribution in [1.29, 1.82) is 0 Å². The lowest BCUT2D eigenvalue weighted by Crippen LogP contribution is -2.19. The number of carbonyl (C=O) groups is 1. The summed E-state index contributed by atoms with van der Waals surface area (Å²) in [7, 11) is 1.27. The molecular formula is C17H15Cl2NO4. The standard InChI is InChI=1S/C17H15Cl2NO4/c1-24-17(23)12-5-9-2-3-20(14(9)7-15(12)21)8-10-4-11(18)6-13(19)16(10)22/h4-7,21-22H,2-3,8H2,1H3. The number of ether oxygens (including phenoxy) is 1. The number of carbonyl (C=O) groups excluding carboxylic acids is 1. The molecule has 24 heavy (non-hydrogen) atoms. The van der Waals surface area contributed by atoms with Crippen LogP contribution in [0.25, 0.3) is 0 Å². The van der Waals surface area contributed by atoms with Crippen molar-refractivity contribution in [2.75, 3.05) is 18.6 Å². The van der Waals surface area contributed by atoms with Crippen molar-refractivity contribution in [3.63, 3.8) is 0 Å². The lowest BCUT2D eigenvalue weighted by Gasteiger charge is -2.21. The number of phenolic OH excluding ortho intramolecular Hbond substituents is 2. The van der Waals surface area contributed by atoms with E-state index in [2.05, 4.69) is 4.74 Å². The molecule has 0 atom stereocenters. The number of hydrogen-bond acceptors (Lipinski definition) is 5. The summed E-state index contributed by atoms with van der Waals surface area (Å²) in [4.78, 5) is 13.7. The first-order valence-corrected chi connectivity index (χ1v) is 8.02. The van der Waals surface area contributed by atoms with E-state index in [1.807, 2.05) is 4.90 Å². The first kappa shape index (κ1) is 16.7. The summed E-state index contributed by atoms with van der Waals surface area (Å²) in [6, 6.07) is 6.32. The van der Waals surface area contributed by atoms with Crippen molar-refractivity contribution < 1.29 is 19.7 Å². The van der Waals surface area contributed by atoms with Gasteiger partial charge in [-0.15, -0.1) is 0 Å². The van der Waals surface area contributed by atoms with Crippen molar-refractivity contribution in [3.8, 4) is 11.5 Å². The second kappa shape index (κ2) is 6.42. The average Bonchev–Trinajstić information content (AvgIpc) is 2.92. The fourth-order valence-corrected chi connectivity index (χ4v) is 3.41. The smallest absolute Gasteiger partial charge is 0.341 e. The summed E-state index contributed by atoms with van der Waals surface area (Å²) in [6.45, 7) is 1.07. The Hall–Kier alpha value is -2.11. The zero-order valence-corrected chi connectivity index (χ0v) is 14.4. The summed E-state index contributed by atoms with van der Waals surface area (Å²) in [6.07, 6.45) is 0.717. The fourth-order valence-electron chi connectivity index (χ4n) is 2.88. The Morgan fingerprint density at radius 3 is 2.71 bits per heavy atom. The maximum Gasteiger partial charge on any atom is 0.341 e. The van der Waals surface area contributed by atoms with Crippen LogP contribution in [0, 0.1) is 0 Å². The number of phenols is 2. The van der Waals surface area contributed by atoms with Gasteiger partial charge < -0.3 is 19.8 Å². The molecule has 0 unspecified atom stereocenters. The number of anilines is 1. The fraction of sp³-hybridized carbons (Fsp3) is 0.235. The molecule has 2 N–H and O–H groups in total. The lowest BCUT2D eigenvalue weighted by atomic mass is 10.1. The molecule has 0 radical (unpaired) electrons. The van der Waals surface area contributed by atoms with Crippen LogP contribution in [0.5, 0.6) is 11.5 Å². The molecule has 0 spiro atoms. The van der Waals surface area contributed by atoms with E-state index in [1.54, 1.807) is 12.1 Å². The van der Waals surface area contributed by atoms with E-state index in [9.17, 15) is 15.0 Å². The highest BCUT2D eigenvalue weighted by atomic mass is 35.5. The van der Waals surface area contributed by atoms with Gasteiger partial charge in [-0.2, -0.15) is 0 Å². The van der Waals surface area contributed by atoms with Gasteiger partial charge in [0.05, 0.1) is 12.1 Å². The third kappa shape index (κ3) is 2.97. The molecule has 2 aromatic carbocycles. The molecule has 0 bridgehead atoms. The Balaban J connectivity index is 1.93. The maximum atomic E-state index is 11.7. The number of hydrogen-bond donors (Lipinski definition) is 2. The van der Waals surface area contributed by atoms with Gasteiger partial charge in [0.2, 0.25) is 0 Å². The molecule has 0 aromatic heterocycles. The zero-order valence-electron chi connectivity index (χ0n) is 12.8. The van der Waals surface area contributed by atoms with Gasteiger partial charge in [0.25, 0.3) is 0 Å². The number of aromatic hydroxyl groups is 2. The highest BCUT2D eigenvalue weighted by molar-refractivity contribution is 6.35. The second-order valence-corrected chi connectivity index (χ2v) is 6.40. The summed E-state index contributed by atoms with van der Waals surface area (Å²) in [5.41, 5.74) is 2.47. The van der Waals surface area contributed by atoms with E-state index in [1.165, 1.54) is 19.2 Å². The number of methoxy groups -OCH3 is 1. The van der Waals surface area contributed by atoms with Gasteiger partial charge in [-0.3, -0.25) is 0 Å².